The zero-order valence-corrected chi connectivity index (χ0v) is 14.6. The molecule has 0 aliphatic rings. The minimum atomic E-state index is -0.417. The van der Waals surface area contributed by atoms with E-state index in [-0.39, 0.29) is 0 Å². The van der Waals surface area contributed by atoms with Crippen molar-refractivity contribution >= 4 is 5.97 Å². The number of nitriles is 1. The van der Waals surface area contributed by atoms with Crippen LogP contribution < -0.4 is 4.74 Å². The second-order valence-corrected chi connectivity index (χ2v) is 6.05. The molecule has 3 heteroatoms. The van der Waals surface area contributed by atoms with Gasteiger partial charge in [0, 0.05) is 0 Å². The van der Waals surface area contributed by atoms with Crippen molar-refractivity contribution in [3.8, 4) is 22.9 Å². The molecule has 0 radical (unpaired) electrons. The van der Waals surface area contributed by atoms with Gasteiger partial charge in [-0.2, -0.15) is 5.26 Å². The second kappa shape index (κ2) is 8.13. The molecular weight excluding hydrogens is 322 g/mol. The molecule has 0 saturated heterocycles. The Hall–Kier alpha value is -3.38. The molecule has 0 spiro atoms. The number of carbonyl (C=O) groups excluding carboxylic acids is 1. The Kier molecular flexibility index (Phi) is 5.46. The third-order valence-corrected chi connectivity index (χ3v) is 4.14. The van der Waals surface area contributed by atoms with E-state index >= 15 is 0 Å². The van der Waals surface area contributed by atoms with Crippen molar-refractivity contribution in [3.05, 3.63) is 89.5 Å². The van der Waals surface area contributed by atoms with E-state index in [4.69, 9.17) is 10.00 Å². The highest BCUT2D eigenvalue weighted by molar-refractivity contribution is 5.91. The smallest absolute Gasteiger partial charge is 0.343 e. The summed E-state index contributed by atoms with van der Waals surface area (Å²) in [6, 6.07) is 24.4. The average molecular weight is 341 g/mol. The normalized spacial score (nSPS) is 10.2. The molecule has 3 nitrogen and oxygen atoms in total. The van der Waals surface area contributed by atoms with Crippen LogP contribution >= 0.6 is 0 Å². The summed E-state index contributed by atoms with van der Waals surface area (Å²) in [5.41, 5.74) is 4.53. The monoisotopic (exact) mass is 341 g/mol. The summed E-state index contributed by atoms with van der Waals surface area (Å²) in [5, 5.41) is 8.79. The lowest BCUT2D eigenvalue weighted by molar-refractivity contribution is 0.0735. The fraction of sp³-hybridized carbons (Fsp3) is 0.130. The second-order valence-electron chi connectivity index (χ2n) is 6.05. The highest BCUT2D eigenvalue weighted by Crippen LogP contribution is 2.22. The van der Waals surface area contributed by atoms with Gasteiger partial charge in [0.05, 0.1) is 17.2 Å². The largest absolute Gasteiger partial charge is 0.423 e. The van der Waals surface area contributed by atoms with Crippen LogP contribution in [0.25, 0.3) is 11.1 Å². The van der Waals surface area contributed by atoms with Crippen LogP contribution in [0.3, 0.4) is 0 Å². The Balaban J connectivity index is 1.70. The van der Waals surface area contributed by atoms with Gasteiger partial charge in [0.15, 0.2) is 0 Å². The quantitative estimate of drug-likeness (QED) is 0.461. The number of benzene rings is 3. The molecule has 0 aliphatic carbocycles. The average Bonchev–Trinajstić information content (AvgIpc) is 2.69. The molecule has 0 amide bonds. The molecule has 0 atom stereocenters. The van der Waals surface area contributed by atoms with Gasteiger partial charge in [0.2, 0.25) is 0 Å². The summed E-state index contributed by atoms with van der Waals surface area (Å²) in [7, 11) is 0. The Morgan fingerprint density at radius 1 is 0.885 bits per heavy atom. The molecule has 0 saturated carbocycles. The number of carbonyl (C=O) groups is 1. The van der Waals surface area contributed by atoms with Crippen molar-refractivity contribution in [1.82, 2.24) is 0 Å². The third-order valence-electron chi connectivity index (χ3n) is 4.14. The number of aryl methyl sites for hydroxylation is 1. The lowest BCUT2D eigenvalue weighted by Crippen LogP contribution is -2.08. The van der Waals surface area contributed by atoms with Crippen molar-refractivity contribution < 1.29 is 9.53 Å². The molecule has 3 aromatic rings. The number of nitrogens with zero attached hydrogens (tertiary/aromatic N) is 1. The van der Waals surface area contributed by atoms with Crippen molar-refractivity contribution in [2.24, 2.45) is 0 Å². The molecule has 0 aliphatic heterocycles. The van der Waals surface area contributed by atoms with Crippen LogP contribution in [0.15, 0.2) is 72.8 Å². The van der Waals surface area contributed by atoms with Gasteiger partial charge in [-0.05, 0) is 59.5 Å². The minimum absolute atomic E-state index is 0.417. The molecule has 128 valence electrons. The van der Waals surface area contributed by atoms with Crippen LogP contribution in [0.4, 0.5) is 0 Å². The SMILES string of the molecule is CCCc1ccc(-c2ccc(C(=O)Oc3ccc(C#N)cc3)cc2)cc1. The van der Waals surface area contributed by atoms with E-state index in [0.717, 1.165) is 24.0 Å². The number of ether oxygens (including phenoxy) is 1. The van der Waals surface area contributed by atoms with Crippen LogP contribution in [0.2, 0.25) is 0 Å². The van der Waals surface area contributed by atoms with E-state index in [1.807, 2.05) is 18.2 Å². The van der Waals surface area contributed by atoms with Crippen LogP contribution in [-0.2, 0) is 6.42 Å². The Labute approximate surface area is 153 Å². The van der Waals surface area contributed by atoms with Gasteiger partial charge in [-0.1, -0.05) is 49.7 Å². The Bertz CT molecular complexity index is 918. The van der Waals surface area contributed by atoms with E-state index in [2.05, 4.69) is 31.2 Å². The van der Waals surface area contributed by atoms with Crippen LogP contribution in [0.1, 0.15) is 34.8 Å². The fourth-order valence-electron chi connectivity index (χ4n) is 2.71. The van der Waals surface area contributed by atoms with Gasteiger partial charge >= 0.3 is 5.97 Å². The topological polar surface area (TPSA) is 50.1 Å². The van der Waals surface area contributed by atoms with Crippen molar-refractivity contribution in [2.45, 2.75) is 19.8 Å². The van der Waals surface area contributed by atoms with Gasteiger partial charge in [-0.15, -0.1) is 0 Å². The maximum Gasteiger partial charge on any atom is 0.343 e. The number of rotatable bonds is 5. The van der Waals surface area contributed by atoms with Gasteiger partial charge in [-0.3, -0.25) is 0 Å². The molecule has 0 N–H and O–H groups in total. The van der Waals surface area contributed by atoms with E-state index in [0.29, 0.717) is 16.9 Å². The predicted molar refractivity (Wildman–Crippen MR) is 102 cm³/mol. The molecule has 0 bridgehead atoms. The van der Waals surface area contributed by atoms with Crippen LogP contribution in [0, 0.1) is 11.3 Å². The highest BCUT2D eigenvalue weighted by atomic mass is 16.5. The molecular formula is C23H19NO2. The summed E-state index contributed by atoms with van der Waals surface area (Å²) in [4.78, 5) is 12.2. The zero-order chi connectivity index (χ0) is 18.4. The van der Waals surface area contributed by atoms with Gasteiger partial charge < -0.3 is 4.74 Å². The minimum Gasteiger partial charge on any atom is -0.423 e. The molecule has 26 heavy (non-hydrogen) atoms. The van der Waals surface area contributed by atoms with Gasteiger partial charge in [-0.25, -0.2) is 4.79 Å². The van der Waals surface area contributed by atoms with Crippen LogP contribution in [0.5, 0.6) is 5.75 Å². The van der Waals surface area contributed by atoms with E-state index in [1.165, 1.54) is 5.56 Å². The molecule has 0 unspecified atom stereocenters. The van der Waals surface area contributed by atoms with E-state index in [1.54, 1.807) is 36.4 Å². The molecule has 0 fully saturated rings. The third kappa shape index (κ3) is 4.17. The van der Waals surface area contributed by atoms with Crippen molar-refractivity contribution in [2.75, 3.05) is 0 Å². The summed E-state index contributed by atoms with van der Waals surface area (Å²) in [6.45, 7) is 2.17. The highest BCUT2D eigenvalue weighted by Gasteiger charge is 2.09. The van der Waals surface area contributed by atoms with Crippen molar-refractivity contribution in [3.63, 3.8) is 0 Å². The first-order valence-electron chi connectivity index (χ1n) is 8.61. The first-order chi connectivity index (χ1) is 12.7. The molecule has 0 aromatic heterocycles. The van der Waals surface area contributed by atoms with Gasteiger partial charge in [0.1, 0.15) is 5.75 Å². The van der Waals surface area contributed by atoms with Gasteiger partial charge in [0.25, 0.3) is 0 Å². The van der Waals surface area contributed by atoms with E-state index < -0.39 is 5.97 Å². The lowest BCUT2D eigenvalue weighted by atomic mass is 10.0. The number of hydrogen-bond donors (Lipinski definition) is 0. The standard InChI is InChI=1S/C23H19NO2/c1-2-3-17-4-8-19(9-5-17)20-10-12-21(13-11-20)23(25)26-22-14-6-18(16-24)7-15-22/h4-15H,2-3H2,1H3. The first kappa shape index (κ1) is 17.4. The fourth-order valence-corrected chi connectivity index (χ4v) is 2.71. The lowest BCUT2D eigenvalue weighted by Gasteiger charge is -2.07. The maximum absolute atomic E-state index is 12.2. The molecule has 0 heterocycles. The summed E-state index contributed by atoms with van der Waals surface area (Å²) in [5.74, 6) is 0.00383. The summed E-state index contributed by atoms with van der Waals surface area (Å²) >= 11 is 0. The Morgan fingerprint density at radius 2 is 1.46 bits per heavy atom. The zero-order valence-electron chi connectivity index (χ0n) is 14.6. The van der Waals surface area contributed by atoms with Crippen LogP contribution in [-0.4, -0.2) is 5.97 Å². The predicted octanol–water partition coefficient (Wildman–Crippen LogP) is 5.40. The number of esters is 1. The Morgan fingerprint density at radius 3 is 2.00 bits per heavy atom. The summed E-state index contributed by atoms with van der Waals surface area (Å²) < 4.78 is 5.34. The molecule has 3 aromatic carbocycles. The molecule has 3 rings (SSSR count). The number of hydrogen-bond acceptors (Lipinski definition) is 3. The summed E-state index contributed by atoms with van der Waals surface area (Å²) in [6.07, 6.45) is 2.22. The first-order valence-corrected chi connectivity index (χ1v) is 8.61. The maximum atomic E-state index is 12.2. The van der Waals surface area contributed by atoms with E-state index in [9.17, 15) is 4.79 Å². The van der Waals surface area contributed by atoms with Crippen molar-refractivity contribution in [1.29, 1.82) is 5.26 Å².